The van der Waals surface area contributed by atoms with Crippen LogP contribution in [-0.2, 0) is 11.3 Å². The van der Waals surface area contributed by atoms with Crippen LogP contribution in [-0.4, -0.2) is 32.0 Å². The van der Waals surface area contributed by atoms with Crippen molar-refractivity contribution in [2.75, 3.05) is 12.8 Å². The fourth-order valence-electron chi connectivity index (χ4n) is 1.71. The zero-order valence-electron chi connectivity index (χ0n) is 10.1. The first-order chi connectivity index (χ1) is 9.19. The van der Waals surface area contributed by atoms with E-state index in [1.165, 1.54) is 17.4 Å². The van der Waals surface area contributed by atoms with E-state index in [2.05, 4.69) is 15.3 Å². The highest BCUT2D eigenvalue weighted by Gasteiger charge is 2.15. The van der Waals surface area contributed by atoms with Crippen molar-refractivity contribution in [2.45, 2.75) is 6.61 Å². The summed E-state index contributed by atoms with van der Waals surface area (Å²) in [7, 11) is 1.58. The molecule has 0 unspecified atom stereocenters. The number of phenolic OH excluding ortho intramolecular Hbond substituents is 1. The second-order valence-corrected chi connectivity index (χ2v) is 4.88. The van der Waals surface area contributed by atoms with E-state index in [0.717, 1.165) is 0 Å². The Labute approximate surface area is 112 Å². The van der Waals surface area contributed by atoms with Crippen LogP contribution in [0.4, 0.5) is 5.69 Å². The molecule has 3 rings (SSSR count). The Hall–Kier alpha value is -2.19. The third-order valence-corrected chi connectivity index (χ3v) is 3.51. The fourth-order valence-corrected chi connectivity index (χ4v) is 2.61. The van der Waals surface area contributed by atoms with Crippen molar-refractivity contribution in [2.24, 2.45) is 0 Å². The highest BCUT2D eigenvalue weighted by Crippen LogP contribution is 2.33. The van der Waals surface area contributed by atoms with E-state index in [9.17, 15) is 5.11 Å². The summed E-state index contributed by atoms with van der Waals surface area (Å²) in [6, 6.07) is 4.94. The molecule has 3 N–H and O–H groups in total. The smallest absolute Gasteiger partial charge is 0.235 e. The first kappa shape index (κ1) is 11.9. The van der Waals surface area contributed by atoms with Crippen LogP contribution in [0, 0.1) is 0 Å². The van der Waals surface area contributed by atoms with Crippen molar-refractivity contribution in [3.05, 3.63) is 24.0 Å². The molecule has 0 bridgehead atoms. The van der Waals surface area contributed by atoms with Gasteiger partial charge >= 0.3 is 0 Å². The number of aromatic nitrogens is 4. The largest absolute Gasteiger partial charge is 0.507 e. The van der Waals surface area contributed by atoms with E-state index in [1.807, 2.05) is 0 Å². The van der Waals surface area contributed by atoms with Gasteiger partial charge in [-0.2, -0.15) is 9.61 Å². The van der Waals surface area contributed by atoms with Crippen molar-refractivity contribution in [1.29, 1.82) is 0 Å². The van der Waals surface area contributed by atoms with E-state index in [0.29, 0.717) is 33.7 Å². The maximum Gasteiger partial charge on any atom is 0.235 e. The molecule has 2 aromatic heterocycles. The molecule has 0 atom stereocenters. The second-order valence-electron chi connectivity index (χ2n) is 3.93. The molecule has 0 amide bonds. The molecule has 7 nitrogen and oxygen atoms in total. The summed E-state index contributed by atoms with van der Waals surface area (Å²) in [5.74, 6) is 0.716. The molecule has 0 saturated heterocycles. The molecule has 98 valence electrons. The van der Waals surface area contributed by atoms with Gasteiger partial charge in [-0.3, -0.25) is 0 Å². The van der Waals surface area contributed by atoms with Gasteiger partial charge in [-0.1, -0.05) is 11.3 Å². The molecular formula is C11H11N5O2S. The SMILES string of the molecule is COCc1nnc2sc(-c3ccc(N)cc3O)nn12. The molecule has 0 spiro atoms. The molecular weight excluding hydrogens is 266 g/mol. The Morgan fingerprint density at radius 3 is 3.00 bits per heavy atom. The van der Waals surface area contributed by atoms with Crippen LogP contribution in [0.25, 0.3) is 15.5 Å². The monoisotopic (exact) mass is 277 g/mol. The maximum absolute atomic E-state index is 9.90. The van der Waals surface area contributed by atoms with Crippen LogP contribution in [0.2, 0.25) is 0 Å². The van der Waals surface area contributed by atoms with Crippen LogP contribution >= 0.6 is 11.3 Å². The molecule has 3 aromatic rings. The number of nitrogens with two attached hydrogens (primary N) is 1. The summed E-state index contributed by atoms with van der Waals surface area (Å²) < 4.78 is 6.63. The number of nitrogens with zero attached hydrogens (tertiary/aromatic N) is 4. The van der Waals surface area contributed by atoms with Crippen molar-refractivity contribution < 1.29 is 9.84 Å². The summed E-state index contributed by atoms with van der Waals surface area (Å²) in [6.45, 7) is 0.331. The quantitative estimate of drug-likeness (QED) is 0.700. The summed E-state index contributed by atoms with van der Waals surface area (Å²) in [4.78, 5) is 0.651. The van der Waals surface area contributed by atoms with Gasteiger partial charge in [0.1, 0.15) is 12.4 Å². The lowest BCUT2D eigenvalue weighted by Crippen LogP contribution is -1.97. The number of benzene rings is 1. The van der Waals surface area contributed by atoms with Gasteiger partial charge < -0.3 is 15.6 Å². The number of rotatable bonds is 3. The Morgan fingerprint density at radius 2 is 2.26 bits per heavy atom. The topological polar surface area (TPSA) is 98.6 Å². The lowest BCUT2D eigenvalue weighted by molar-refractivity contribution is 0.176. The van der Waals surface area contributed by atoms with Gasteiger partial charge in [0.05, 0.1) is 5.56 Å². The zero-order chi connectivity index (χ0) is 13.4. The van der Waals surface area contributed by atoms with Gasteiger partial charge in [-0.05, 0) is 12.1 Å². The molecule has 0 aliphatic carbocycles. The third kappa shape index (κ3) is 2.00. The van der Waals surface area contributed by atoms with E-state index < -0.39 is 0 Å². The minimum atomic E-state index is 0.0956. The van der Waals surface area contributed by atoms with E-state index in [4.69, 9.17) is 10.5 Å². The molecule has 0 aliphatic heterocycles. The van der Waals surface area contributed by atoms with E-state index in [-0.39, 0.29) is 5.75 Å². The fraction of sp³-hybridized carbons (Fsp3) is 0.182. The predicted molar refractivity (Wildman–Crippen MR) is 70.9 cm³/mol. The average Bonchev–Trinajstić information content (AvgIpc) is 2.91. The molecule has 8 heteroatoms. The van der Waals surface area contributed by atoms with Gasteiger partial charge in [-0.15, -0.1) is 10.2 Å². The zero-order valence-corrected chi connectivity index (χ0v) is 10.9. The Kier molecular flexibility index (Phi) is 2.80. The van der Waals surface area contributed by atoms with Crippen LogP contribution in [0.15, 0.2) is 18.2 Å². The standard InChI is InChI=1S/C11H11N5O2S/c1-18-5-9-13-14-11-16(9)15-10(19-11)7-3-2-6(12)4-8(7)17/h2-4,17H,5,12H2,1H3. The van der Waals surface area contributed by atoms with Crippen molar-refractivity contribution in [3.63, 3.8) is 0 Å². The van der Waals surface area contributed by atoms with Gasteiger partial charge in [0.15, 0.2) is 10.8 Å². The van der Waals surface area contributed by atoms with E-state index in [1.54, 1.807) is 23.8 Å². The lowest BCUT2D eigenvalue weighted by Gasteiger charge is -2.01. The van der Waals surface area contributed by atoms with Gasteiger partial charge in [0.2, 0.25) is 4.96 Å². The summed E-state index contributed by atoms with van der Waals surface area (Å²) in [6.07, 6.45) is 0. The number of ether oxygens (including phenoxy) is 1. The van der Waals surface area contributed by atoms with Gasteiger partial charge in [0.25, 0.3) is 0 Å². The van der Waals surface area contributed by atoms with Gasteiger partial charge in [0, 0.05) is 18.9 Å². The van der Waals surface area contributed by atoms with Crippen LogP contribution in [0.1, 0.15) is 5.82 Å². The number of nitrogen functional groups attached to an aromatic ring is 1. The van der Waals surface area contributed by atoms with Crippen LogP contribution in [0.3, 0.4) is 0 Å². The Balaban J connectivity index is 2.10. The Bertz CT molecular complexity index is 736. The summed E-state index contributed by atoms with van der Waals surface area (Å²) >= 11 is 1.34. The van der Waals surface area contributed by atoms with Crippen molar-refractivity contribution in [3.8, 4) is 16.3 Å². The average molecular weight is 277 g/mol. The normalized spacial score (nSPS) is 11.2. The number of anilines is 1. The number of phenols is 1. The molecule has 1 aromatic carbocycles. The maximum atomic E-state index is 9.90. The second kappa shape index (κ2) is 4.48. The van der Waals surface area contributed by atoms with Gasteiger partial charge in [-0.25, -0.2) is 0 Å². The van der Waals surface area contributed by atoms with Crippen molar-refractivity contribution in [1.82, 2.24) is 19.8 Å². The predicted octanol–water partition coefficient (Wildman–Crippen LogP) is 1.29. The first-order valence-corrected chi connectivity index (χ1v) is 6.29. The summed E-state index contributed by atoms with van der Waals surface area (Å²) in [5.41, 5.74) is 6.73. The number of methoxy groups -OCH3 is 1. The van der Waals surface area contributed by atoms with Crippen LogP contribution in [0.5, 0.6) is 5.75 Å². The molecule has 0 radical (unpaired) electrons. The molecule has 19 heavy (non-hydrogen) atoms. The third-order valence-electron chi connectivity index (χ3n) is 2.58. The molecule has 2 heterocycles. The summed E-state index contributed by atoms with van der Waals surface area (Å²) in [5, 5.41) is 22.9. The van der Waals surface area contributed by atoms with Crippen molar-refractivity contribution >= 4 is 22.0 Å². The minimum Gasteiger partial charge on any atom is -0.507 e. The number of aromatic hydroxyl groups is 1. The minimum absolute atomic E-state index is 0.0956. The number of hydrogen-bond donors (Lipinski definition) is 2. The molecule has 0 aliphatic rings. The van der Waals surface area contributed by atoms with Crippen LogP contribution < -0.4 is 5.73 Å². The van der Waals surface area contributed by atoms with E-state index >= 15 is 0 Å². The Morgan fingerprint density at radius 1 is 1.42 bits per heavy atom. The lowest BCUT2D eigenvalue weighted by atomic mass is 10.2. The first-order valence-electron chi connectivity index (χ1n) is 5.48. The highest BCUT2D eigenvalue weighted by atomic mass is 32.1. The number of hydrogen-bond acceptors (Lipinski definition) is 7. The number of fused-ring (bicyclic) bond motifs is 1. The highest BCUT2D eigenvalue weighted by molar-refractivity contribution is 7.19. The molecule has 0 fully saturated rings. The molecule has 0 saturated carbocycles.